The lowest BCUT2D eigenvalue weighted by Gasteiger charge is -2.33. The molecule has 1 aromatic heterocycles. The first-order chi connectivity index (χ1) is 14.6. The molecule has 1 aromatic carbocycles. The number of hydrogen-bond acceptors (Lipinski definition) is 6. The molecule has 0 saturated carbocycles. The molecule has 2 aromatic rings. The van der Waals surface area contributed by atoms with E-state index in [1.807, 2.05) is 36.4 Å². The number of fused-ring (bicyclic) bond motifs is 1. The highest BCUT2D eigenvalue weighted by molar-refractivity contribution is 7.99. The van der Waals surface area contributed by atoms with Crippen molar-refractivity contribution in [2.24, 2.45) is 0 Å². The number of anilines is 3. The van der Waals surface area contributed by atoms with Gasteiger partial charge in [-0.05, 0) is 31.3 Å². The van der Waals surface area contributed by atoms with Crippen LogP contribution in [0.1, 0.15) is 12.8 Å². The summed E-state index contributed by atoms with van der Waals surface area (Å²) >= 11 is 1.76. The Hall–Kier alpha value is -2.58. The first-order valence-electron chi connectivity index (χ1n) is 10.3. The maximum Gasteiger partial charge on any atom is 0.227 e. The maximum absolute atomic E-state index is 12.7. The van der Waals surface area contributed by atoms with Gasteiger partial charge < -0.3 is 20.0 Å². The van der Waals surface area contributed by atoms with Gasteiger partial charge in [0, 0.05) is 56.2 Å². The van der Waals surface area contributed by atoms with Crippen molar-refractivity contribution in [1.82, 2.24) is 9.88 Å². The van der Waals surface area contributed by atoms with Crippen LogP contribution in [0.4, 0.5) is 17.2 Å². The number of thioether (sulfide) groups is 1. The Kier molecular flexibility index (Phi) is 6.54. The van der Waals surface area contributed by atoms with E-state index in [-0.39, 0.29) is 24.7 Å². The van der Waals surface area contributed by atoms with Gasteiger partial charge in [0.15, 0.2) is 0 Å². The standard InChI is InChI=1S/C22H27N5O2S/c1-25-10-12-26(13-11-25)20-7-6-17(16-23-20)24-21(28)8-9-22(29)27-14-15-30-19-5-3-2-4-18(19)27/h2-7,16H,8-15H2,1H3,(H,24,28). The van der Waals surface area contributed by atoms with Crippen LogP contribution in [0.15, 0.2) is 47.5 Å². The largest absolute Gasteiger partial charge is 0.354 e. The zero-order valence-electron chi connectivity index (χ0n) is 17.2. The van der Waals surface area contributed by atoms with Crippen LogP contribution in [0.3, 0.4) is 0 Å². The summed E-state index contributed by atoms with van der Waals surface area (Å²) in [5.74, 6) is 1.62. The summed E-state index contributed by atoms with van der Waals surface area (Å²) in [6.07, 6.45) is 2.04. The van der Waals surface area contributed by atoms with Gasteiger partial charge in [-0.2, -0.15) is 0 Å². The van der Waals surface area contributed by atoms with E-state index in [2.05, 4.69) is 27.1 Å². The summed E-state index contributed by atoms with van der Waals surface area (Å²) in [5, 5.41) is 2.85. The molecule has 2 aliphatic heterocycles. The van der Waals surface area contributed by atoms with Crippen LogP contribution < -0.4 is 15.1 Å². The number of carbonyl (C=O) groups excluding carboxylic acids is 2. The number of nitrogens with one attached hydrogen (secondary N) is 1. The second kappa shape index (κ2) is 9.49. The molecule has 30 heavy (non-hydrogen) atoms. The Morgan fingerprint density at radius 3 is 2.60 bits per heavy atom. The average Bonchev–Trinajstić information content (AvgIpc) is 2.78. The predicted octanol–water partition coefficient (Wildman–Crippen LogP) is 2.69. The molecule has 2 amide bonds. The summed E-state index contributed by atoms with van der Waals surface area (Å²) in [6, 6.07) is 11.7. The number of carbonyl (C=O) groups is 2. The van der Waals surface area contributed by atoms with Gasteiger partial charge >= 0.3 is 0 Å². The Balaban J connectivity index is 1.27. The molecule has 4 rings (SSSR count). The number of piperazine rings is 1. The van der Waals surface area contributed by atoms with Crippen LogP contribution in [0.2, 0.25) is 0 Å². The molecule has 0 bridgehead atoms. The van der Waals surface area contributed by atoms with E-state index >= 15 is 0 Å². The molecule has 1 N–H and O–H groups in total. The van der Waals surface area contributed by atoms with Gasteiger partial charge in [-0.15, -0.1) is 11.8 Å². The fourth-order valence-corrected chi connectivity index (χ4v) is 4.68. The minimum atomic E-state index is -0.169. The molecule has 0 aliphatic carbocycles. The van der Waals surface area contributed by atoms with E-state index in [1.165, 1.54) is 0 Å². The Labute approximate surface area is 181 Å². The number of aromatic nitrogens is 1. The van der Waals surface area contributed by atoms with Crippen LogP contribution in [-0.4, -0.2) is 67.2 Å². The molecule has 1 fully saturated rings. The minimum absolute atomic E-state index is 0.0126. The Morgan fingerprint density at radius 1 is 1.03 bits per heavy atom. The summed E-state index contributed by atoms with van der Waals surface area (Å²) in [4.78, 5) is 37.0. The summed E-state index contributed by atoms with van der Waals surface area (Å²) in [6.45, 7) is 4.63. The van der Waals surface area contributed by atoms with Crippen molar-refractivity contribution >= 4 is 40.8 Å². The Morgan fingerprint density at radius 2 is 1.83 bits per heavy atom. The van der Waals surface area contributed by atoms with E-state index in [1.54, 1.807) is 22.9 Å². The van der Waals surface area contributed by atoms with Gasteiger partial charge in [0.2, 0.25) is 11.8 Å². The highest BCUT2D eigenvalue weighted by Crippen LogP contribution is 2.34. The van der Waals surface area contributed by atoms with Crippen LogP contribution in [-0.2, 0) is 9.59 Å². The maximum atomic E-state index is 12.7. The van der Waals surface area contributed by atoms with E-state index in [9.17, 15) is 9.59 Å². The number of likely N-dealkylation sites (N-methyl/N-ethyl adjacent to an activating group) is 1. The molecule has 158 valence electrons. The second-order valence-corrected chi connectivity index (χ2v) is 8.74. The van der Waals surface area contributed by atoms with Crippen LogP contribution in [0.5, 0.6) is 0 Å². The van der Waals surface area contributed by atoms with Gasteiger partial charge in [-0.1, -0.05) is 12.1 Å². The predicted molar refractivity (Wildman–Crippen MR) is 121 cm³/mol. The lowest BCUT2D eigenvalue weighted by molar-refractivity contribution is -0.122. The summed E-state index contributed by atoms with van der Waals surface area (Å²) in [7, 11) is 2.12. The van der Waals surface area contributed by atoms with Gasteiger partial charge in [0.05, 0.1) is 17.6 Å². The third-order valence-corrected chi connectivity index (χ3v) is 6.50. The molecular formula is C22H27N5O2S. The number of rotatable bonds is 5. The smallest absolute Gasteiger partial charge is 0.227 e. The number of benzene rings is 1. The van der Waals surface area contributed by atoms with Crippen molar-refractivity contribution in [2.75, 3.05) is 60.6 Å². The highest BCUT2D eigenvalue weighted by atomic mass is 32.2. The van der Waals surface area contributed by atoms with Crippen molar-refractivity contribution in [2.45, 2.75) is 17.7 Å². The number of para-hydroxylation sites is 1. The molecule has 8 heteroatoms. The third-order valence-electron chi connectivity index (χ3n) is 5.45. The zero-order chi connectivity index (χ0) is 20.9. The first-order valence-corrected chi connectivity index (χ1v) is 11.3. The van der Waals surface area contributed by atoms with Crippen molar-refractivity contribution in [3.63, 3.8) is 0 Å². The summed E-state index contributed by atoms with van der Waals surface area (Å²) < 4.78 is 0. The number of nitrogens with zero attached hydrogens (tertiary/aromatic N) is 4. The molecule has 0 atom stereocenters. The fourth-order valence-electron chi connectivity index (χ4n) is 3.69. The van der Waals surface area contributed by atoms with Crippen LogP contribution in [0, 0.1) is 0 Å². The monoisotopic (exact) mass is 425 g/mol. The summed E-state index contributed by atoms with van der Waals surface area (Å²) in [5.41, 5.74) is 1.60. The molecular weight excluding hydrogens is 398 g/mol. The van der Waals surface area contributed by atoms with Gasteiger partial charge in [0.1, 0.15) is 5.82 Å². The molecule has 2 aliphatic rings. The second-order valence-electron chi connectivity index (χ2n) is 7.61. The normalized spacial score (nSPS) is 16.8. The first kappa shape index (κ1) is 20.7. The molecule has 1 saturated heterocycles. The quantitative estimate of drug-likeness (QED) is 0.794. The van der Waals surface area contributed by atoms with E-state index in [0.717, 1.165) is 48.3 Å². The van der Waals surface area contributed by atoms with Crippen LogP contribution in [0.25, 0.3) is 0 Å². The van der Waals surface area contributed by atoms with Crippen molar-refractivity contribution < 1.29 is 9.59 Å². The van der Waals surface area contributed by atoms with Gasteiger partial charge in [-0.25, -0.2) is 4.98 Å². The highest BCUT2D eigenvalue weighted by Gasteiger charge is 2.23. The molecule has 0 radical (unpaired) electrons. The van der Waals surface area contributed by atoms with Crippen molar-refractivity contribution in [1.29, 1.82) is 0 Å². The number of hydrogen-bond donors (Lipinski definition) is 1. The number of pyridine rings is 1. The molecule has 7 nitrogen and oxygen atoms in total. The average molecular weight is 426 g/mol. The zero-order valence-corrected chi connectivity index (χ0v) is 18.0. The van der Waals surface area contributed by atoms with E-state index in [0.29, 0.717) is 12.2 Å². The fraction of sp³-hybridized carbons (Fsp3) is 0.409. The molecule has 0 unspecified atom stereocenters. The lowest BCUT2D eigenvalue weighted by Crippen LogP contribution is -2.44. The van der Waals surface area contributed by atoms with Crippen LogP contribution >= 0.6 is 11.8 Å². The molecule has 3 heterocycles. The Bertz CT molecular complexity index is 897. The minimum Gasteiger partial charge on any atom is -0.354 e. The van der Waals surface area contributed by atoms with Crippen molar-refractivity contribution in [3.05, 3.63) is 42.6 Å². The van der Waals surface area contributed by atoms with Gasteiger partial charge in [-0.3, -0.25) is 9.59 Å². The third kappa shape index (κ3) is 4.94. The van der Waals surface area contributed by atoms with Crippen molar-refractivity contribution in [3.8, 4) is 0 Å². The SMILES string of the molecule is CN1CCN(c2ccc(NC(=O)CCC(=O)N3CCSc4ccccc43)cn2)CC1. The van der Waals surface area contributed by atoms with E-state index < -0.39 is 0 Å². The molecule has 0 spiro atoms. The number of amides is 2. The topological polar surface area (TPSA) is 68.8 Å². The van der Waals surface area contributed by atoms with E-state index in [4.69, 9.17) is 0 Å². The lowest BCUT2D eigenvalue weighted by atomic mass is 10.2. The van der Waals surface area contributed by atoms with Gasteiger partial charge in [0.25, 0.3) is 0 Å².